The zero-order valence-electron chi connectivity index (χ0n) is 9.39. The van der Waals surface area contributed by atoms with Crippen molar-refractivity contribution < 1.29 is 4.74 Å². The molecule has 2 rings (SSSR count). The van der Waals surface area contributed by atoms with Gasteiger partial charge in [-0.05, 0) is 40.7 Å². The van der Waals surface area contributed by atoms with Gasteiger partial charge in [0, 0.05) is 46.2 Å². The average Bonchev–Trinajstić information content (AvgIpc) is 2.28. The number of aryl methyl sites for hydroxylation is 1. The van der Waals surface area contributed by atoms with Crippen molar-refractivity contribution in [3.05, 3.63) is 29.6 Å². The van der Waals surface area contributed by atoms with E-state index in [2.05, 4.69) is 43.5 Å². The van der Waals surface area contributed by atoms with Crippen LogP contribution in [0.15, 0.2) is 18.3 Å². The van der Waals surface area contributed by atoms with Crippen LogP contribution in [-0.2, 0) is 4.74 Å². The van der Waals surface area contributed by atoms with E-state index in [1.165, 1.54) is 5.56 Å². The Kier molecular flexibility index (Phi) is 4.46. The molecule has 5 heteroatoms. The summed E-state index contributed by atoms with van der Waals surface area (Å²) in [5.41, 5.74) is 2.28. The SMILES string of the molecule is Cc1cc(C2CN(SI)CC(C)O2)ccn1. The molecule has 1 aromatic rings. The highest BCUT2D eigenvalue weighted by Crippen LogP contribution is 2.31. The van der Waals surface area contributed by atoms with Crippen LogP contribution in [0.2, 0.25) is 0 Å². The molecular formula is C11H15IN2OS. The summed E-state index contributed by atoms with van der Waals surface area (Å²) in [6.07, 6.45) is 2.32. The molecule has 16 heavy (non-hydrogen) atoms. The molecule has 0 N–H and O–H groups in total. The molecule has 1 aromatic heterocycles. The summed E-state index contributed by atoms with van der Waals surface area (Å²) in [5, 5.41) is 0. The Morgan fingerprint density at radius 2 is 2.38 bits per heavy atom. The predicted octanol–water partition coefficient (Wildman–Crippen LogP) is 3.15. The van der Waals surface area contributed by atoms with Crippen LogP contribution in [-0.4, -0.2) is 28.5 Å². The number of pyridine rings is 1. The lowest BCUT2D eigenvalue weighted by Gasteiger charge is -2.34. The van der Waals surface area contributed by atoms with E-state index in [9.17, 15) is 0 Å². The molecule has 2 unspecified atom stereocenters. The number of ether oxygens (including phenoxy) is 1. The van der Waals surface area contributed by atoms with Crippen molar-refractivity contribution in [3.8, 4) is 0 Å². The summed E-state index contributed by atoms with van der Waals surface area (Å²) in [5.74, 6) is 0. The van der Waals surface area contributed by atoms with E-state index < -0.39 is 0 Å². The van der Waals surface area contributed by atoms with Crippen molar-refractivity contribution in [2.45, 2.75) is 26.1 Å². The fraction of sp³-hybridized carbons (Fsp3) is 0.545. The number of rotatable bonds is 2. The van der Waals surface area contributed by atoms with E-state index in [0.29, 0.717) is 0 Å². The summed E-state index contributed by atoms with van der Waals surface area (Å²) in [7, 11) is 1.76. The zero-order chi connectivity index (χ0) is 11.5. The molecule has 0 aliphatic carbocycles. The van der Waals surface area contributed by atoms with Crippen molar-refractivity contribution in [2.24, 2.45) is 0 Å². The van der Waals surface area contributed by atoms with Crippen LogP contribution in [0.5, 0.6) is 0 Å². The van der Waals surface area contributed by atoms with Crippen molar-refractivity contribution >= 4 is 30.3 Å². The summed E-state index contributed by atoms with van der Waals surface area (Å²) < 4.78 is 8.32. The van der Waals surface area contributed by atoms with Crippen LogP contribution >= 0.6 is 30.3 Å². The van der Waals surface area contributed by atoms with Crippen molar-refractivity contribution in [1.82, 2.24) is 9.29 Å². The number of halogens is 1. The lowest BCUT2D eigenvalue weighted by atomic mass is 10.1. The van der Waals surface area contributed by atoms with Crippen LogP contribution < -0.4 is 0 Å². The van der Waals surface area contributed by atoms with Crippen molar-refractivity contribution in [3.63, 3.8) is 0 Å². The van der Waals surface area contributed by atoms with E-state index in [1.54, 1.807) is 9.12 Å². The van der Waals surface area contributed by atoms with Crippen molar-refractivity contribution in [1.29, 1.82) is 0 Å². The fourth-order valence-electron chi connectivity index (χ4n) is 1.92. The van der Waals surface area contributed by atoms with Gasteiger partial charge in [0.2, 0.25) is 0 Å². The van der Waals surface area contributed by atoms with Gasteiger partial charge in [-0.2, -0.15) is 0 Å². The number of hydrogen-bond acceptors (Lipinski definition) is 4. The van der Waals surface area contributed by atoms with Gasteiger partial charge in [0.05, 0.1) is 12.2 Å². The number of morpholine rings is 1. The Labute approximate surface area is 113 Å². The molecule has 0 bridgehead atoms. The van der Waals surface area contributed by atoms with Gasteiger partial charge in [-0.3, -0.25) is 4.98 Å². The highest BCUT2D eigenvalue weighted by molar-refractivity contribution is 14.2. The predicted molar refractivity (Wildman–Crippen MR) is 75.4 cm³/mol. The zero-order valence-corrected chi connectivity index (χ0v) is 12.4. The molecule has 0 radical (unpaired) electrons. The Morgan fingerprint density at radius 3 is 3.06 bits per heavy atom. The Hall–Kier alpha value is 0.150. The first kappa shape index (κ1) is 12.6. The van der Waals surface area contributed by atoms with E-state index in [0.717, 1.165) is 18.8 Å². The molecular weight excluding hydrogens is 335 g/mol. The van der Waals surface area contributed by atoms with Gasteiger partial charge in [0.15, 0.2) is 0 Å². The molecule has 1 fully saturated rings. The van der Waals surface area contributed by atoms with Crippen molar-refractivity contribution in [2.75, 3.05) is 13.1 Å². The van der Waals surface area contributed by atoms with E-state index in [4.69, 9.17) is 4.74 Å². The van der Waals surface area contributed by atoms with Gasteiger partial charge in [0.25, 0.3) is 0 Å². The second-order valence-electron chi connectivity index (χ2n) is 4.08. The molecule has 1 saturated heterocycles. The van der Waals surface area contributed by atoms with E-state index >= 15 is 0 Å². The third kappa shape index (κ3) is 3.09. The maximum Gasteiger partial charge on any atom is 0.0966 e. The molecule has 0 saturated carbocycles. The molecule has 1 aliphatic rings. The minimum atomic E-state index is 0.174. The largest absolute Gasteiger partial charge is 0.368 e. The highest BCUT2D eigenvalue weighted by atomic mass is 127. The molecule has 3 nitrogen and oxygen atoms in total. The van der Waals surface area contributed by atoms with Gasteiger partial charge in [-0.1, -0.05) is 0 Å². The first-order valence-corrected chi connectivity index (χ1v) is 8.62. The quantitative estimate of drug-likeness (QED) is 0.605. The molecule has 88 valence electrons. The molecule has 0 spiro atoms. The summed E-state index contributed by atoms with van der Waals surface area (Å²) in [6, 6.07) is 4.16. The van der Waals surface area contributed by atoms with Gasteiger partial charge in [-0.15, -0.1) is 0 Å². The topological polar surface area (TPSA) is 25.4 Å². The van der Waals surface area contributed by atoms with Gasteiger partial charge >= 0.3 is 0 Å². The first-order chi connectivity index (χ1) is 7.69. The smallest absolute Gasteiger partial charge is 0.0966 e. The Morgan fingerprint density at radius 1 is 1.56 bits per heavy atom. The van der Waals surface area contributed by atoms with Gasteiger partial charge < -0.3 is 4.74 Å². The van der Waals surface area contributed by atoms with E-state index in [-0.39, 0.29) is 12.2 Å². The molecule has 2 heterocycles. The minimum absolute atomic E-state index is 0.174. The minimum Gasteiger partial charge on any atom is -0.368 e. The maximum absolute atomic E-state index is 5.97. The second kappa shape index (κ2) is 5.66. The summed E-state index contributed by atoms with van der Waals surface area (Å²) in [6.45, 7) is 6.08. The highest BCUT2D eigenvalue weighted by Gasteiger charge is 2.26. The van der Waals surface area contributed by atoms with Crippen LogP contribution in [0.3, 0.4) is 0 Å². The summed E-state index contributed by atoms with van der Waals surface area (Å²) in [4.78, 5) is 4.22. The lowest BCUT2D eigenvalue weighted by Crippen LogP contribution is -2.38. The third-order valence-corrected chi connectivity index (χ3v) is 4.78. The monoisotopic (exact) mass is 350 g/mol. The number of nitrogens with zero attached hydrogens (tertiary/aromatic N) is 2. The Bertz CT molecular complexity index is 364. The summed E-state index contributed by atoms with van der Waals surface area (Å²) >= 11 is 2.33. The van der Waals surface area contributed by atoms with Gasteiger partial charge in [-0.25, -0.2) is 4.31 Å². The molecule has 1 aliphatic heterocycles. The Balaban J connectivity index is 2.14. The number of hydrogen-bond donors (Lipinski definition) is 0. The van der Waals surface area contributed by atoms with Gasteiger partial charge in [0.1, 0.15) is 0 Å². The average molecular weight is 350 g/mol. The molecule has 0 amide bonds. The lowest BCUT2D eigenvalue weighted by molar-refractivity contribution is -0.0527. The maximum atomic E-state index is 5.97. The standard InChI is InChI=1S/C11H15IN2OS/c1-8-5-10(3-4-13-8)11-7-14(16-12)6-9(2)15-11/h3-5,9,11H,6-7H2,1-2H3. The first-order valence-electron chi connectivity index (χ1n) is 5.30. The fourth-order valence-corrected chi connectivity index (χ4v) is 3.34. The second-order valence-corrected chi connectivity index (χ2v) is 5.92. The third-order valence-electron chi connectivity index (χ3n) is 2.62. The van der Waals surface area contributed by atoms with Crippen LogP contribution in [0.25, 0.3) is 0 Å². The number of aromatic nitrogens is 1. The molecule has 0 aromatic carbocycles. The molecule has 2 atom stereocenters. The van der Waals surface area contributed by atoms with E-state index in [1.807, 2.05) is 19.2 Å². The van der Waals surface area contributed by atoms with Crippen LogP contribution in [0.4, 0.5) is 0 Å². The normalized spacial score (nSPS) is 26.9. The van der Waals surface area contributed by atoms with Crippen LogP contribution in [0.1, 0.15) is 24.3 Å². The van der Waals surface area contributed by atoms with Crippen LogP contribution in [0, 0.1) is 6.92 Å².